The average molecular weight is 191 g/mol. The van der Waals surface area contributed by atoms with Crippen molar-refractivity contribution in [2.75, 3.05) is 5.73 Å². The maximum atomic E-state index is 8.81. The molecular weight excluding hydrogens is 182 g/mol. The van der Waals surface area contributed by atoms with Gasteiger partial charge in [0.2, 0.25) is 0 Å². The van der Waals surface area contributed by atoms with Crippen molar-refractivity contribution in [3.05, 3.63) is 16.0 Å². The fourth-order valence-electron chi connectivity index (χ4n) is 1.21. The number of nitrogens with zero attached hydrogens (tertiary/aromatic N) is 2. The summed E-state index contributed by atoms with van der Waals surface area (Å²) in [5, 5.41) is 17.8. The molecule has 0 aromatic carbocycles. The van der Waals surface area contributed by atoms with Gasteiger partial charge in [0, 0.05) is 11.3 Å². The summed E-state index contributed by atoms with van der Waals surface area (Å²) in [6.07, 6.45) is 1.06. The Hall–Kier alpha value is -1.52. The van der Waals surface area contributed by atoms with E-state index in [0.717, 1.165) is 10.4 Å². The molecular formula is C9H9N3S. The zero-order valence-electron chi connectivity index (χ0n) is 7.29. The predicted molar refractivity (Wildman–Crippen MR) is 52.1 cm³/mol. The number of anilines is 1. The first-order valence-corrected chi connectivity index (χ1v) is 4.67. The molecule has 0 atom stereocenters. The number of nitrogen functional groups attached to an aromatic ring is 1. The first kappa shape index (κ1) is 9.57. The molecule has 0 amide bonds. The quantitative estimate of drug-likeness (QED) is 0.776. The molecule has 0 bridgehead atoms. The van der Waals surface area contributed by atoms with Crippen LogP contribution in [-0.2, 0) is 6.42 Å². The van der Waals surface area contributed by atoms with E-state index in [-0.39, 0.29) is 0 Å². The van der Waals surface area contributed by atoms with Gasteiger partial charge in [0.1, 0.15) is 11.1 Å². The van der Waals surface area contributed by atoms with E-state index in [2.05, 4.69) is 12.1 Å². The second kappa shape index (κ2) is 3.93. The summed E-state index contributed by atoms with van der Waals surface area (Å²) in [4.78, 5) is 1.05. The Morgan fingerprint density at radius 1 is 1.46 bits per heavy atom. The minimum absolute atomic E-state index is 0.436. The molecule has 0 fully saturated rings. The molecule has 2 N–H and O–H groups in total. The molecule has 1 heterocycles. The SMILES string of the molecule is Cc1sc(N)c(C#N)c1CCC#N. The molecule has 0 aliphatic rings. The van der Waals surface area contributed by atoms with E-state index in [0.29, 0.717) is 23.4 Å². The highest BCUT2D eigenvalue weighted by Crippen LogP contribution is 2.30. The number of hydrogen-bond acceptors (Lipinski definition) is 4. The van der Waals surface area contributed by atoms with E-state index in [1.807, 2.05) is 6.92 Å². The van der Waals surface area contributed by atoms with Gasteiger partial charge in [0.25, 0.3) is 0 Å². The molecule has 0 aliphatic heterocycles. The summed E-state index contributed by atoms with van der Waals surface area (Å²) in [6.45, 7) is 1.93. The van der Waals surface area contributed by atoms with Gasteiger partial charge in [-0.2, -0.15) is 10.5 Å². The van der Waals surface area contributed by atoms with Crippen LogP contribution in [0.5, 0.6) is 0 Å². The molecule has 3 nitrogen and oxygen atoms in total. The van der Waals surface area contributed by atoms with Crippen molar-refractivity contribution in [2.24, 2.45) is 0 Å². The Labute approximate surface area is 81.0 Å². The third-order valence-corrected chi connectivity index (χ3v) is 2.81. The molecule has 1 rings (SSSR count). The van der Waals surface area contributed by atoms with Crippen LogP contribution in [-0.4, -0.2) is 0 Å². The van der Waals surface area contributed by atoms with Gasteiger partial charge >= 0.3 is 0 Å². The largest absolute Gasteiger partial charge is 0.389 e. The van der Waals surface area contributed by atoms with Crippen molar-refractivity contribution in [3.63, 3.8) is 0 Å². The lowest BCUT2D eigenvalue weighted by Gasteiger charge is -1.95. The Kier molecular flexibility index (Phi) is 2.89. The van der Waals surface area contributed by atoms with Crippen molar-refractivity contribution in [2.45, 2.75) is 19.8 Å². The Morgan fingerprint density at radius 2 is 2.15 bits per heavy atom. The van der Waals surface area contributed by atoms with Crippen molar-refractivity contribution in [1.29, 1.82) is 10.5 Å². The monoisotopic (exact) mass is 191 g/mol. The molecule has 0 saturated carbocycles. The Balaban J connectivity index is 3.06. The Bertz CT molecular complexity index is 392. The topological polar surface area (TPSA) is 73.6 Å². The molecule has 0 unspecified atom stereocenters. The number of rotatable bonds is 2. The van der Waals surface area contributed by atoms with E-state index in [9.17, 15) is 0 Å². The van der Waals surface area contributed by atoms with E-state index in [4.69, 9.17) is 16.3 Å². The molecule has 0 radical (unpaired) electrons. The Morgan fingerprint density at radius 3 is 2.69 bits per heavy atom. The zero-order valence-corrected chi connectivity index (χ0v) is 8.11. The lowest BCUT2D eigenvalue weighted by Crippen LogP contribution is -1.90. The summed E-state index contributed by atoms with van der Waals surface area (Å²) < 4.78 is 0. The number of aryl methyl sites for hydroxylation is 1. The molecule has 66 valence electrons. The third-order valence-electron chi connectivity index (χ3n) is 1.83. The highest BCUT2D eigenvalue weighted by atomic mass is 32.1. The highest BCUT2D eigenvalue weighted by Gasteiger charge is 2.12. The molecule has 1 aromatic rings. The van der Waals surface area contributed by atoms with Gasteiger partial charge in [-0.3, -0.25) is 0 Å². The fraction of sp³-hybridized carbons (Fsp3) is 0.333. The van der Waals surface area contributed by atoms with Crippen LogP contribution in [0.25, 0.3) is 0 Å². The van der Waals surface area contributed by atoms with E-state index in [1.54, 1.807) is 0 Å². The summed E-state index contributed by atoms with van der Waals surface area (Å²) in [7, 11) is 0. The van der Waals surface area contributed by atoms with E-state index < -0.39 is 0 Å². The smallest absolute Gasteiger partial charge is 0.104 e. The van der Waals surface area contributed by atoms with Crippen LogP contribution in [0.4, 0.5) is 5.00 Å². The van der Waals surface area contributed by atoms with E-state index in [1.165, 1.54) is 11.3 Å². The number of thiophene rings is 1. The zero-order chi connectivity index (χ0) is 9.84. The van der Waals surface area contributed by atoms with Crippen molar-refractivity contribution < 1.29 is 0 Å². The number of nitrogens with two attached hydrogens (primary N) is 1. The lowest BCUT2D eigenvalue weighted by molar-refractivity contribution is 1.00. The lowest BCUT2D eigenvalue weighted by atomic mass is 10.1. The van der Waals surface area contributed by atoms with E-state index >= 15 is 0 Å². The average Bonchev–Trinajstić information content (AvgIpc) is 2.37. The van der Waals surface area contributed by atoms with Crippen LogP contribution >= 0.6 is 11.3 Å². The van der Waals surface area contributed by atoms with Crippen LogP contribution in [0.1, 0.15) is 22.4 Å². The van der Waals surface area contributed by atoms with Gasteiger partial charge in [0.15, 0.2) is 0 Å². The van der Waals surface area contributed by atoms with Gasteiger partial charge < -0.3 is 5.73 Å². The van der Waals surface area contributed by atoms with Crippen LogP contribution in [0.3, 0.4) is 0 Å². The number of nitriles is 2. The van der Waals surface area contributed by atoms with Gasteiger partial charge in [-0.05, 0) is 18.9 Å². The van der Waals surface area contributed by atoms with Gasteiger partial charge in [0.05, 0.1) is 11.6 Å². The summed E-state index contributed by atoms with van der Waals surface area (Å²) >= 11 is 1.42. The third kappa shape index (κ3) is 1.80. The number of hydrogen-bond donors (Lipinski definition) is 1. The van der Waals surface area contributed by atoms with Crippen molar-refractivity contribution in [1.82, 2.24) is 0 Å². The van der Waals surface area contributed by atoms with Crippen LogP contribution in [0.2, 0.25) is 0 Å². The fourth-order valence-corrected chi connectivity index (χ4v) is 2.13. The second-order valence-electron chi connectivity index (χ2n) is 2.65. The molecule has 0 spiro atoms. The van der Waals surface area contributed by atoms with Crippen LogP contribution in [0, 0.1) is 29.6 Å². The van der Waals surface area contributed by atoms with Crippen LogP contribution in [0.15, 0.2) is 0 Å². The molecule has 13 heavy (non-hydrogen) atoms. The summed E-state index contributed by atoms with van der Waals surface area (Å²) in [6, 6.07) is 4.13. The molecule has 4 heteroatoms. The maximum absolute atomic E-state index is 8.81. The molecule has 1 aromatic heterocycles. The molecule has 0 saturated heterocycles. The first-order valence-electron chi connectivity index (χ1n) is 3.85. The van der Waals surface area contributed by atoms with Gasteiger partial charge in [-0.25, -0.2) is 0 Å². The second-order valence-corrected chi connectivity index (χ2v) is 3.90. The first-order chi connectivity index (χ1) is 6.20. The van der Waals surface area contributed by atoms with Crippen LogP contribution < -0.4 is 5.73 Å². The summed E-state index contributed by atoms with van der Waals surface area (Å²) in [5.41, 5.74) is 7.13. The minimum atomic E-state index is 0.436. The van der Waals surface area contributed by atoms with Gasteiger partial charge in [-0.1, -0.05) is 0 Å². The normalized spacial score (nSPS) is 9.15. The molecule has 0 aliphatic carbocycles. The minimum Gasteiger partial charge on any atom is -0.389 e. The summed E-state index contributed by atoms with van der Waals surface area (Å²) in [5.74, 6) is 0. The maximum Gasteiger partial charge on any atom is 0.104 e. The highest BCUT2D eigenvalue weighted by molar-refractivity contribution is 7.16. The van der Waals surface area contributed by atoms with Crippen molar-refractivity contribution in [3.8, 4) is 12.1 Å². The predicted octanol–water partition coefficient (Wildman–Crippen LogP) is 1.97. The standard InChI is InChI=1S/C9H9N3S/c1-6-7(3-2-4-10)8(5-11)9(12)13-6/h2-3,12H2,1H3. The van der Waals surface area contributed by atoms with Crippen molar-refractivity contribution >= 4 is 16.3 Å². The van der Waals surface area contributed by atoms with Gasteiger partial charge in [-0.15, -0.1) is 11.3 Å².